The molecular formula is C23H29N7O3. The number of Topliss-reactive ketones (excluding diaryl/α,β-unsaturated/α-hetero) is 1. The van der Waals surface area contributed by atoms with Crippen LogP contribution in [0.5, 0.6) is 0 Å². The van der Waals surface area contributed by atoms with Gasteiger partial charge in [-0.05, 0) is 29.2 Å². The fourth-order valence-electron chi connectivity index (χ4n) is 3.87. The predicted octanol–water partition coefficient (Wildman–Crippen LogP) is 1.23. The van der Waals surface area contributed by atoms with Crippen LogP contribution in [0.1, 0.15) is 28.8 Å². The highest BCUT2D eigenvalue weighted by Crippen LogP contribution is 2.28. The van der Waals surface area contributed by atoms with E-state index >= 15 is 0 Å². The molecule has 33 heavy (non-hydrogen) atoms. The standard InChI is InChI=1S/C23H29N7O3/c1-29-13-12-28-22(29)30(2)14-15-8-9-18(17-7-4-3-6-16(15)17)19(31)23(26,20(32)33)10-5-11-27-21(24)25/h3-4,6-9,12-13H,5,10-11,14,26H2,1-2H3,(H,32,33)(H4,24,25,27)/t23-/m1/s1. The van der Waals surface area contributed by atoms with Gasteiger partial charge in [-0.15, -0.1) is 0 Å². The van der Waals surface area contributed by atoms with Gasteiger partial charge in [0.05, 0.1) is 0 Å². The minimum absolute atomic E-state index is 0.101. The maximum atomic E-state index is 13.4. The molecule has 0 aliphatic heterocycles. The largest absolute Gasteiger partial charge is 0.480 e. The van der Waals surface area contributed by atoms with Crippen molar-refractivity contribution >= 4 is 34.4 Å². The van der Waals surface area contributed by atoms with Crippen LogP contribution < -0.4 is 22.1 Å². The first-order valence-corrected chi connectivity index (χ1v) is 10.5. The second-order valence-corrected chi connectivity index (χ2v) is 8.03. The van der Waals surface area contributed by atoms with Gasteiger partial charge >= 0.3 is 5.97 Å². The Balaban J connectivity index is 1.95. The molecule has 3 rings (SSSR count). The summed E-state index contributed by atoms with van der Waals surface area (Å²) in [7, 11) is 3.85. The van der Waals surface area contributed by atoms with E-state index in [0.717, 1.165) is 16.9 Å². The van der Waals surface area contributed by atoms with Crippen LogP contribution in [0.4, 0.5) is 5.95 Å². The lowest BCUT2D eigenvalue weighted by molar-refractivity contribution is -0.141. The van der Waals surface area contributed by atoms with Gasteiger partial charge in [0.2, 0.25) is 5.95 Å². The first-order valence-electron chi connectivity index (χ1n) is 10.5. The van der Waals surface area contributed by atoms with E-state index in [1.807, 2.05) is 54.0 Å². The van der Waals surface area contributed by atoms with Gasteiger partial charge in [-0.25, -0.2) is 9.78 Å². The summed E-state index contributed by atoms with van der Waals surface area (Å²) in [6, 6.07) is 10.9. The van der Waals surface area contributed by atoms with Gasteiger partial charge in [-0.2, -0.15) is 0 Å². The maximum Gasteiger partial charge on any atom is 0.331 e. The highest BCUT2D eigenvalue weighted by Gasteiger charge is 2.42. The number of nitrogens with two attached hydrogens (primary N) is 3. The number of hydrogen-bond acceptors (Lipinski definition) is 6. The number of aliphatic imine (C=N–C) groups is 1. The number of aromatic nitrogens is 2. The van der Waals surface area contributed by atoms with Crippen LogP contribution in [0, 0.1) is 0 Å². The Hall–Kier alpha value is -3.92. The number of aliphatic carboxylic acids is 1. The molecule has 1 heterocycles. The van der Waals surface area contributed by atoms with E-state index < -0.39 is 17.3 Å². The summed E-state index contributed by atoms with van der Waals surface area (Å²) < 4.78 is 1.91. The van der Waals surface area contributed by atoms with E-state index in [9.17, 15) is 14.7 Å². The van der Waals surface area contributed by atoms with Gasteiger partial charge in [0.15, 0.2) is 17.3 Å². The zero-order chi connectivity index (χ0) is 24.2. The van der Waals surface area contributed by atoms with Crippen molar-refractivity contribution in [2.75, 3.05) is 18.5 Å². The number of benzene rings is 2. The summed E-state index contributed by atoms with van der Waals surface area (Å²) in [5, 5.41) is 11.3. The van der Waals surface area contributed by atoms with Gasteiger partial charge < -0.3 is 31.8 Å². The van der Waals surface area contributed by atoms with Crippen LogP contribution in [-0.4, -0.2) is 51.5 Å². The van der Waals surface area contributed by atoms with E-state index in [1.165, 1.54) is 0 Å². The van der Waals surface area contributed by atoms with Crippen LogP contribution >= 0.6 is 0 Å². The van der Waals surface area contributed by atoms with E-state index in [0.29, 0.717) is 11.9 Å². The minimum atomic E-state index is -2.09. The lowest BCUT2D eigenvalue weighted by Gasteiger charge is -2.25. The number of imidazole rings is 1. The number of carbonyl (C=O) groups is 2. The van der Waals surface area contributed by atoms with Crippen molar-refractivity contribution in [1.82, 2.24) is 9.55 Å². The Morgan fingerprint density at radius 1 is 1.18 bits per heavy atom. The average Bonchev–Trinajstić information content (AvgIpc) is 3.22. The van der Waals surface area contributed by atoms with Crippen molar-refractivity contribution in [2.24, 2.45) is 29.2 Å². The van der Waals surface area contributed by atoms with Crippen LogP contribution in [-0.2, 0) is 18.4 Å². The molecule has 0 radical (unpaired) electrons. The Morgan fingerprint density at radius 3 is 2.48 bits per heavy atom. The molecule has 10 heteroatoms. The molecule has 174 valence electrons. The van der Waals surface area contributed by atoms with Gasteiger partial charge in [-0.3, -0.25) is 9.79 Å². The molecule has 0 spiro atoms. The van der Waals surface area contributed by atoms with Crippen LogP contribution in [0.25, 0.3) is 10.8 Å². The van der Waals surface area contributed by atoms with Gasteiger partial charge in [0.1, 0.15) is 0 Å². The normalized spacial score (nSPS) is 12.8. The average molecular weight is 452 g/mol. The fraction of sp³-hybridized carbons (Fsp3) is 0.304. The van der Waals surface area contributed by atoms with Gasteiger partial charge in [0, 0.05) is 45.1 Å². The summed E-state index contributed by atoms with van der Waals surface area (Å²) in [5.41, 5.74) is 15.9. The first kappa shape index (κ1) is 23.7. The molecule has 2 aromatic carbocycles. The summed E-state index contributed by atoms with van der Waals surface area (Å²) in [5.74, 6) is -1.34. The number of aryl methyl sites for hydroxylation is 1. The molecule has 3 aromatic rings. The van der Waals surface area contributed by atoms with E-state index in [2.05, 4.69) is 9.98 Å². The molecule has 7 N–H and O–H groups in total. The number of fused-ring (bicyclic) bond motifs is 1. The maximum absolute atomic E-state index is 13.4. The number of guanidine groups is 1. The number of nitrogens with zero attached hydrogens (tertiary/aromatic N) is 4. The third kappa shape index (κ3) is 4.96. The summed E-state index contributed by atoms with van der Waals surface area (Å²) >= 11 is 0. The second kappa shape index (κ2) is 9.70. The van der Waals surface area contributed by atoms with Crippen molar-refractivity contribution in [3.8, 4) is 0 Å². The SMILES string of the molecule is CN(Cc1ccc(C(=O)[C@](N)(CCCN=C(N)N)C(=O)O)c2ccccc12)c1nccn1C. The Bertz CT molecular complexity index is 1200. The summed E-state index contributed by atoms with van der Waals surface area (Å²) in [6.07, 6.45) is 3.74. The molecule has 0 unspecified atom stereocenters. The third-order valence-electron chi connectivity index (χ3n) is 5.61. The number of anilines is 1. The highest BCUT2D eigenvalue weighted by atomic mass is 16.4. The Labute approximate surface area is 191 Å². The monoisotopic (exact) mass is 451 g/mol. The second-order valence-electron chi connectivity index (χ2n) is 8.03. The number of carbonyl (C=O) groups excluding carboxylic acids is 1. The first-order chi connectivity index (χ1) is 15.6. The predicted molar refractivity (Wildman–Crippen MR) is 128 cm³/mol. The van der Waals surface area contributed by atoms with Gasteiger partial charge in [-0.1, -0.05) is 36.4 Å². The smallest absolute Gasteiger partial charge is 0.331 e. The molecule has 0 saturated heterocycles. The lowest BCUT2D eigenvalue weighted by atomic mass is 9.83. The molecule has 10 nitrogen and oxygen atoms in total. The number of carboxylic acids is 1. The summed E-state index contributed by atoms with van der Waals surface area (Å²) in [6.45, 7) is 0.728. The minimum Gasteiger partial charge on any atom is -0.480 e. The molecule has 0 aliphatic rings. The molecule has 0 aliphatic carbocycles. The van der Waals surface area contributed by atoms with E-state index in [4.69, 9.17) is 17.2 Å². The summed E-state index contributed by atoms with van der Waals surface area (Å²) in [4.78, 5) is 35.6. The number of ketones is 1. The van der Waals surface area contributed by atoms with Crippen molar-refractivity contribution in [3.63, 3.8) is 0 Å². The Morgan fingerprint density at radius 2 is 1.88 bits per heavy atom. The number of hydrogen-bond donors (Lipinski definition) is 4. The molecule has 0 saturated carbocycles. The number of carboxylic acid groups (broad SMARTS) is 1. The third-order valence-corrected chi connectivity index (χ3v) is 5.61. The van der Waals surface area contributed by atoms with Crippen molar-refractivity contribution in [2.45, 2.75) is 24.9 Å². The van der Waals surface area contributed by atoms with Crippen LogP contribution in [0.2, 0.25) is 0 Å². The molecule has 0 amide bonds. The Kier molecular flexibility index (Phi) is 6.98. The highest BCUT2D eigenvalue weighted by molar-refractivity contribution is 6.21. The van der Waals surface area contributed by atoms with E-state index in [1.54, 1.807) is 18.3 Å². The lowest BCUT2D eigenvalue weighted by Crippen LogP contribution is -2.55. The zero-order valence-electron chi connectivity index (χ0n) is 18.7. The van der Waals surface area contributed by atoms with Crippen molar-refractivity contribution < 1.29 is 14.7 Å². The quantitative estimate of drug-likeness (QED) is 0.117. The molecule has 1 aromatic heterocycles. The van der Waals surface area contributed by atoms with Gasteiger partial charge in [0.25, 0.3) is 0 Å². The fourth-order valence-corrected chi connectivity index (χ4v) is 3.87. The van der Waals surface area contributed by atoms with Crippen molar-refractivity contribution in [1.29, 1.82) is 0 Å². The van der Waals surface area contributed by atoms with Crippen LogP contribution in [0.15, 0.2) is 53.8 Å². The zero-order valence-corrected chi connectivity index (χ0v) is 18.7. The van der Waals surface area contributed by atoms with Crippen molar-refractivity contribution in [3.05, 3.63) is 59.9 Å². The topological polar surface area (TPSA) is 166 Å². The molecule has 1 atom stereocenters. The molecular weight excluding hydrogens is 422 g/mol. The number of rotatable bonds is 10. The molecule has 0 fully saturated rings. The molecule has 0 bridgehead atoms. The van der Waals surface area contributed by atoms with E-state index in [-0.39, 0.29) is 30.9 Å². The van der Waals surface area contributed by atoms with Crippen LogP contribution in [0.3, 0.4) is 0 Å².